The van der Waals surface area contributed by atoms with Gasteiger partial charge in [0.15, 0.2) is 5.76 Å². The van der Waals surface area contributed by atoms with Crippen LogP contribution >= 0.6 is 0 Å². The third-order valence-corrected chi connectivity index (χ3v) is 2.70. The van der Waals surface area contributed by atoms with Crippen molar-refractivity contribution in [2.24, 2.45) is 0 Å². The van der Waals surface area contributed by atoms with Crippen molar-refractivity contribution in [2.75, 3.05) is 7.11 Å². The Labute approximate surface area is 106 Å². The number of hydrogen-bond donors (Lipinski definition) is 1. The van der Waals surface area contributed by atoms with Crippen LogP contribution in [0.2, 0.25) is 0 Å². The number of carbonyl (C=O) groups is 1. The van der Waals surface area contributed by atoms with Crippen LogP contribution in [-0.2, 0) is 0 Å². The average Bonchev–Trinajstić information content (AvgIpc) is 2.92. The van der Waals surface area contributed by atoms with Crippen molar-refractivity contribution in [3.05, 3.63) is 54.0 Å². The van der Waals surface area contributed by atoms with Gasteiger partial charge in [-0.05, 0) is 25.1 Å². The van der Waals surface area contributed by atoms with Crippen LogP contribution in [0.15, 0.2) is 47.1 Å². The molecule has 0 saturated carbocycles. The maximum Gasteiger partial charge on any atom is 0.287 e. The van der Waals surface area contributed by atoms with Gasteiger partial charge in [0.05, 0.1) is 19.4 Å². The highest BCUT2D eigenvalue weighted by atomic mass is 16.5. The smallest absolute Gasteiger partial charge is 0.287 e. The average molecular weight is 245 g/mol. The van der Waals surface area contributed by atoms with Crippen LogP contribution in [0.5, 0.6) is 5.75 Å². The summed E-state index contributed by atoms with van der Waals surface area (Å²) in [6, 6.07) is 10.7. The molecule has 94 valence electrons. The van der Waals surface area contributed by atoms with Crippen molar-refractivity contribution in [3.8, 4) is 5.75 Å². The highest BCUT2D eigenvalue weighted by molar-refractivity contribution is 5.91. The van der Waals surface area contributed by atoms with Gasteiger partial charge in [0.25, 0.3) is 5.91 Å². The van der Waals surface area contributed by atoms with Crippen molar-refractivity contribution in [1.82, 2.24) is 5.32 Å². The number of nitrogens with one attached hydrogen (secondary N) is 1. The molecule has 1 amide bonds. The molecule has 1 aromatic heterocycles. The normalized spacial score (nSPS) is 11.9. The molecule has 1 atom stereocenters. The van der Waals surface area contributed by atoms with Crippen molar-refractivity contribution in [3.63, 3.8) is 0 Å². The van der Waals surface area contributed by atoms with Crippen LogP contribution in [-0.4, -0.2) is 13.0 Å². The lowest BCUT2D eigenvalue weighted by Crippen LogP contribution is -2.26. The molecule has 1 aromatic carbocycles. The van der Waals surface area contributed by atoms with Gasteiger partial charge in [-0.2, -0.15) is 0 Å². The minimum absolute atomic E-state index is 0.154. The van der Waals surface area contributed by atoms with Gasteiger partial charge in [-0.15, -0.1) is 0 Å². The summed E-state index contributed by atoms with van der Waals surface area (Å²) in [5.41, 5.74) is 0.930. The van der Waals surface area contributed by atoms with E-state index in [0.29, 0.717) is 5.76 Å². The minimum atomic E-state index is -0.238. The van der Waals surface area contributed by atoms with Gasteiger partial charge >= 0.3 is 0 Å². The third kappa shape index (κ3) is 2.53. The van der Waals surface area contributed by atoms with Gasteiger partial charge < -0.3 is 14.5 Å². The summed E-state index contributed by atoms with van der Waals surface area (Å²) in [7, 11) is 1.61. The summed E-state index contributed by atoms with van der Waals surface area (Å²) >= 11 is 0. The molecule has 18 heavy (non-hydrogen) atoms. The third-order valence-electron chi connectivity index (χ3n) is 2.70. The molecule has 0 radical (unpaired) electrons. The Morgan fingerprint density at radius 2 is 2.06 bits per heavy atom. The second-order valence-corrected chi connectivity index (χ2v) is 3.91. The van der Waals surface area contributed by atoms with Crippen LogP contribution in [0, 0.1) is 0 Å². The Morgan fingerprint density at radius 1 is 1.28 bits per heavy atom. The van der Waals surface area contributed by atoms with E-state index < -0.39 is 0 Å². The second-order valence-electron chi connectivity index (χ2n) is 3.91. The van der Waals surface area contributed by atoms with Gasteiger partial charge in [-0.25, -0.2) is 0 Å². The zero-order valence-electron chi connectivity index (χ0n) is 10.3. The highest BCUT2D eigenvalue weighted by Crippen LogP contribution is 2.24. The minimum Gasteiger partial charge on any atom is -0.496 e. The number of amides is 1. The van der Waals surface area contributed by atoms with Gasteiger partial charge in [0, 0.05) is 5.56 Å². The van der Waals surface area contributed by atoms with Gasteiger partial charge in [-0.1, -0.05) is 18.2 Å². The molecule has 0 aliphatic carbocycles. The fourth-order valence-corrected chi connectivity index (χ4v) is 1.78. The molecule has 4 heteroatoms. The van der Waals surface area contributed by atoms with Crippen LogP contribution in [0.25, 0.3) is 0 Å². The predicted molar refractivity (Wildman–Crippen MR) is 67.6 cm³/mol. The number of carbonyl (C=O) groups excluding carboxylic acids is 1. The van der Waals surface area contributed by atoms with Gasteiger partial charge in [0.2, 0.25) is 0 Å². The second kappa shape index (κ2) is 5.40. The van der Waals surface area contributed by atoms with E-state index in [9.17, 15) is 4.79 Å². The number of rotatable bonds is 4. The lowest BCUT2D eigenvalue weighted by molar-refractivity contribution is 0.0911. The molecule has 1 heterocycles. The molecule has 0 aliphatic rings. The van der Waals surface area contributed by atoms with E-state index in [-0.39, 0.29) is 11.9 Å². The maximum absolute atomic E-state index is 11.8. The Hall–Kier alpha value is -2.23. The molecule has 0 spiro atoms. The lowest BCUT2D eigenvalue weighted by atomic mass is 10.1. The van der Waals surface area contributed by atoms with E-state index >= 15 is 0 Å². The van der Waals surface area contributed by atoms with Crippen LogP contribution < -0.4 is 10.1 Å². The zero-order valence-corrected chi connectivity index (χ0v) is 10.3. The summed E-state index contributed by atoms with van der Waals surface area (Å²) in [6.45, 7) is 1.90. The van der Waals surface area contributed by atoms with Crippen molar-refractivity contribution in [1.29, 1.82) is 0 Å². The van der Waals surface area contributed by atoms with Crippen LogP contribution in [0.4, 0.5) is 0 Å². The number of methoxy groups -OCH3 is 1. The number of benzene rings is 1. The summed E-state index contributed by atoms with van der Waals surface area (Å²) in [5, 5.41) is 2.86. The van der Waals surface area contributed by atoms with Gasteiger partial charge in [0.1, 0.15) is 5.75 Å². The van der Waals surface area contributed by atoms with E-state index in [4.69, 9.17) is 9.15 Å². The molecular weight excluding hydrogens is 230 g/mol. The maximum atomic E-state index is 11.8. The van der Waals surface area contributed by atoms with Gasteiger partial charge in [-0.3, -0.25) is 4.79 Å². The van der Waals surface area contributed by atoms with E-state index in [1.54, 1.807) is 19.2 Å². The van der Waals surface area contributed by atoms with Crippen molar-refractivity contribution < 1.29 is 13.9 Å². The highest BCUT2D eigenvalue weighted by Gasteiger charge is 2.15. The van der Waals surface area contributed by atoms with Crippen LogP contribution in [0.3, 0.4) is 0 Å². The molecule has 1 N–H and O–H groups in total. The fraction of sp³-hybridized carbons (Fsp3) is 0.214. The first kappa shape index (κ1) is 12.2. The lowest BCUT2D eigenvalue weighted by Gasteiger charge is -2.16. The fourth-order valence-electron chi connectivity index (χ4n) is 1.78. The summed E-state index contributed by atoms with van der Waals surface area (Å²) in [6.07, 6.45) is 1.47. The standard InChI is InChI=1S/C14H15NO3/c1-10(11-6-3-4-7-12(11)17-2)15-14(16)13-8-5-9-18-13/h3-10H,1-2H3,(H,15,16)/t10-/m0/s1. The van der Waals surface area contributed by atoms with E-state index in [2.05, 4.69) is 5.32 Å². The molecule has 0 unspecified atom stereocenters. The van der Waals surface area contributed by atoms with Crippen LogP contribution in [0.1, 0.15) is 29.1 Å². The molecule has 0 bridgehead atoms. The predicted octanol–water partition coefficient (Wildman–Crippen LogP) is 2.78. The first-order chi connectivity index (χ1) is 8.72. The number of ether oxygens (including phenoxy) is 1. The summed E-state index contributed by atoms with van der Waals surface area (Å²) in [4.78, 5) is 11.8. The quantitative estimate of drug-likeness (QED) is 0.901. The molecule has 0 fully saturated rings. The largest absolute Gasteiger partial charge is 0.496 e. The first-order valence-corrected chi connectivity index (χ1v) is 5.69. The number of hydrogen-bond acceptors (Lipinski definition) is 3. The Kier molecular flexibility index (Phi) is 3.67. The Balaban J connectivity index is 2.12. The summed E-state index contributed by atoms with van der Waals surface area (Å²) < 4.78 is 10.3. The van der Waals surface area contributed by atoms with E-state index in [0.717, 1.165) is 11.3 Å². The Bertz CT molecular complexity index is 520. The topological polar surface area (TPSA) is 51.5 Å². The molecule has 4 nitrogen and oxygen atoms in total. The van der Waals surface area contributed by atoms with Crippen molar-refractivity contribution in [2.45, 2.75) is 13.0 Å². The summed E-state index contributed by atoms with van der Waals surface area (Å²) in [5.74, 6) is 0.819. The van der Waals surface area contributed by atoms with E-state index in [1.165, 1.54) is 6.26 Å². The van der Waals surface area contributed by atoms with E-state index in [1.807, 2.05) is 31.2 Å². The Morgan fingerprint density at radius 3 is 2.72 bits per heavy atom. The molecule has 2 aromatic rings. The number of para-hydroxylation sites is 1. The zero-order chi connectivity index (χ0) is 13.0. The first-order valence-electron chi connectivity index (χ1n) is 5.69. The molecule has 0 aliphatic heterocycles. The monoisotopic (exact) mass is 245 g/mol. The molecule has 2 rings (SSSR count). The molecule has 0 saturated heterocycles. The number of furan rings is 1. The molecular formula is C14H15NO3. The SMILES string of the molecule is COc1ccccc1[C@H](C)NC(=O)c1ccco1. The van der Waals surface area contributed by atoms with Crippen molar-refractivity contribution >= 4 is 5.91 Å².